The number of nitrogens with one attached hydrogen (secondary N) is 1. The molecule has 6 heteroatoms. The fraction of sp³-hybridized carbons (Fsp3) is 0.510. The van der Waals surface area contributed by atoms with E-state index in [9.17, 15) is 9.90 Å². The van der Waals surface area contributed by atoms with Crippen LogP contribution in [0.2, 0.25) is 5.02 Å². The molecule has 3 N–H and O–H groups in total. The first kappa shape index (κ1) is 48.3. The zero-order valence-corrected chi connectivity index (χ0v) is 37.9. The van der Waals surface area contributed by atoms with E-state index in [4.69, 9.17) is 16.7 Å². The van der Waals surface area contributed by atoms with Gasteiger partial charge < -0.3 is 15.5 Å². The van der Waals surface area contributed by atoms with Crippen molar-refractivity contribution in [2.75, 3.05) is 12.8 Å². The van der Waals surface area contributed by atoms with Gasteiger partial charge in [-0.15, -0.1) is 0 Å². The molecule has 1 unspecified atom stereocenters. The van der Waals surface area contributed by atoms with Gasteiger partial charge in [0.2, 0.25) is 0 Å². The molecule has 0 heterocycles. The summed E-state index contributed by atoms with van der Waals surface area (Å²) in [6.07, 6.45) is 20.4. The number of halogens is 1. The topological polar surface area (TPSA) is 69.6 Å². The van der Waals surface area contributed by atoms with Crippen LogP contribution in [0.4, 0.5) is 0 Å². The number of hydrogen-bond acceptors (Lipinski definition) is 4. The average Bonchev–Trinajstić information content (AvgIpc) is 3.95. The van der Waals surface area contributed by atoms with Crippen molar-refractivity contribution in [3.63, 3.8) is 0 Å². The predicted molar refractivity (Wildman–Crippen MR) is 250 cm³/mol. The minimum absolute atomic E-state index is 0.0783. The zero-order chi connectivity index (χ0) is 42.2. The maximum absolute atomic E-state index is 10.5. The molecule has 3 aromatic carbocycles. The number of benzene rings is 3. The first-order valence-electron chi connectivity index (χ1n) is 21.1. The van der Waals surface area contributed by atoms with E-state index in [2.05, 4.69) is 139 Å². The van der Waals surface area contributed by atoms with E-state index in [1.165, 1.54) is 53.5 Å². The number of carbonyl (C=O) groups is 1. The number of hydrogen-bond donors (Lipinski definition) is 4. The highest BCUT2D eigenvalue weighted by atomic mass is 35.5. The average molecular weight is 815 g/mol. The summed E-state index contributed by atoms with van der Waals surface area (Å²) in [5.74, 6) is 1.43. The first-order chi connectivity index (χ1) is 26.9. The standard InChI is InChI=1S/C34H39ClO.C11H23N.C6H10O2S/c1-6-26(3)32-24-31(35)22-21-29(32)20-18-25(2)17-19-28-12-9-11-27(23-28)13-10-15-30-14-7-8-16-33(30)34(4,5)36;1-11(2,3)9-5-7-10(12-4)8-6-9;7-5(8)3-6(4-9)1-2-6/h7-9,11-12,14,16-24,26,36H,2,6,10,13,15H2,1,3-5H3;9-10,12H,5-8H2,1-4H3;9H,1-4H2,(H,7,8)/b19-17+,20-18-;;. The van der Waals surface area contributed by atoms with Gasteiger partial charge in [-0.1, -0.05) is 132 Å². The number of rotatable bonds is 15. The maximum atomic E-state index is 10.5. The van der Waals surface area contributed by atoms with Gasteiger partial charge in [-0.05, 0) is 165 Å². The molecule has 1 atom stereocenters. The number of aliphatic carboxylic acids is 1. The second kappa shape index (κ2) is 22.9. The van der Waals surface area contributed by atoms with Crippen LogP contribution in [0.25, 0.3) is 12.2 Å². The van der Waals surface area contributed by atoms with Gasteiger partial charge in [0.15, 0.2) is 0 Å². The minimum atomic E-state index is -0.818. The van der Waals surface area contributed by atoms with Crippen LogP contribution in [0.5, 0.6) is 0 Å². The van der Waals surface area contributed by atoms with Crippen LogP contribution in [-0.2, 0) is 23.2 Å². The van der Waals surface area contributed by atoms with E-state index in [1.807, 2.05) is 32.0 Å². The molecule has 2 aliphatic rings. The summed E-state index contributed by atoms with van der Waals surface area (Å²) >= 11 is 10.3. The van der Waals surface area contributed by atoms with Crippen LogP contribution in [0.1, 0.15) is 146 Å². The molecule has 0 saturated heterocycles. The highest BCUT2D eigenvalue weighted by molar-refractivity contribution is 7.80. The van der Waals surface area contributed by atoms with Crippen LogP contribution in [0.15, 0.2) is 91.0 Å². The van der Waals surface area contributed by atoms with E-state index in [0.717, 1.165) is 72.4 Å². The summed E-state index contributed by atoms with van der Waals surface area (Å²) in [6.45, 7) is 19.5. The molecule has 0 amide bonds. The molecule has 3 aromatic rings. The van der Waals surface area contributed by atoms with Crippen molar-refractivity contribution in [1.29, 1.82) is 0 Å². The van der Waals surface area contributed by atoms with Crippen molar-refractivity contribution in [1.82, 2.24) is 5.32 Å². The van der Waals surface area contributed by atoms with Crippen molar-refractivity contribution in [3.05, 3.63) is 129 Å². The van der Waals surface area contributed by atoms with Gasteiger partial charge in [0, 0.05) is 11.1 Å². The lowest BCUT2D eigenvalue weighted by Crippen LogP contribution is -2.34. The largest absolute Gasteiger partial charge is 0.481 e. The van der Waals surface area contributed by atoms with Crippen LogP contribution in [-0.4, -0.2) is 35.0 Å². The Bertz CT molecular complexity index is 1770. The van der Waals surface area contributed by atoms with Gasteiger partial charge in [0.25, 0.3) is 0 Å². The van der Waals surface area contributed by atoms with Crippen LogP contribution < -0.4 is 5.32 Å². The third kappa shape index (κ3) is 17.0. The Morgan fingerprint density at radius 2 is 1.63 bits per heavy atom. The zero-order valence-electron chi connectivity index (χ0n) is 36.2. The number of carboxylic acid groups (broad SMARTS) is 1. The summed E-state index contributed by atoms with van der Waals surface area (Å²) < 4.78 is 0. The molecule has 0 aromatic heterocycles. The molecule has 4 nitrogen and oxygen atoms in total. The first-order valence-corrected chi connectivity index (χ1v) is 22.1. The monoisotopic (exact) mass is 813 g/mol. The molecule has 0 radical (unpaired) electrons. The summed E-state index contributed by atoms with van der Waals surface area (Å²) in [5.41, 5.74) is 7.93. The highest BCUT2D eigenvalue weighted by Crippen LogP contribution is 2.49. The molecule has 2 fully saturated rings. The molecule has 0 spiro atoms. The Morgan fingerprint density at radius 1 is 0.965 bits per heavy atom. The van der Waals surface area contributed by atoms with Gasteiger partial charge in [-0.3, -0.25) is 4.79 Å². The smallest absolute Gasteiger partial charge is 0.303 e. The molecule has 0 aliphatic heterocycles. The Morgan fingerprint density at radius 3 is 2.19 bits per heavy atom. The van der Waals surface area contributed by atoms with Crippen molar-refractivity contribution in [2.45, 2.75) is 137 Å². The quantitative estimate of drug-likeness (QED) is 0.0911. The van der Waals surface area contributed by atoms with E-state index in [1.54, 1.807) is 0 Å². The lowest BCUT2D eigenvalue weighted by molar-refractivity contribution is -0.138. The highest BCUT2D eigenvalue weighted by Gasteiger charge is 2.42. The lowest BCUT2D eigenvalue weighted by atomic mass is 9.71. The van der Waals surface area contributed by atoms with Crippen molar-refractivity contribution in [3.8, 4) is 0 Å². The Kier molecular flexibility index (Phi) is 19.4. The Labute approximate surface area is 356 Å². The van der Waals surface area contributed by atoms with Gasteiger partial charge in [-0.25, -0.2) is 0 Å². The molecule has 312 valence electrons. The molecule has 5 rings (SSSR count). The van der Waals surface area contributed by atoms with Crippen LogP contribution in [0, 0.1) is 16.7 Å². The molecular weight excluding hydrogens is 742 g/mol. The van der Waals surface area contributed by atoms with E-state index < -0.39 is 11.6 Å². The SMILES string of the molecule is C=C(/C=C\c1ccc(Cl)cc1C(C)CC)/C=C/c1cccc(CCCc2ccccc2C(C)(C)O)c1.CNC1CCC(C(C)(C)C)CC1.O=C(O)CC1(CS)CC1. The summed E-state index contributed by atoms with van der Waals surface area (Å²) in [4.78, 5) is 10.2. The maximum Gasteiger partial charge on any atom is 0.303 e. The normalized spacial score (nSPS) is 18.3. The van der Waals surface area contributed by atoms with Crippen molar-refractivity contribution < 1.29 is 15.0 Å². The predicted octanol–water partition coefficient (Wildman–Crippen LogP) is 13.5. The van der Waals surface area contributed by atoms with Gasteiger partial charge in [0.1, 0.15) is 0 Å². The lowest BCUT2D eigenvalue weighted by Gasteiger charge is -2.36. The van der Waals surface area contributed by atoms with Gasteiger partial charge >= 0.3 is 5.97 Å². The van der Waals surface area contributed by atoms with Gasteiger partial charge in [-0.2, -0.15) is 12.6 Å². The summed E-state index contributed by atoms with van der Waals surface area (Å²) in [7, 11) is 2.09. The fourth-order valence-corrected chi connectivity index (χ4v) is 8.22. The summed E-state index contributed by atoms with van der Waals surface area (Å²) in [5, 5.41) is 23.0. The van der Waals surface area contributed by atoms with E-state index in [-0.39, 0.29) is 5.41 Å². The molecule has 57 heavy (non-hydrogen) atoms. The molecule has 2 saturated carbocycles. The fourth-order valence-electron chi connectivity index (χ4n) is 7.61. The summed E-state index contributed by atoms with van der Waals surface area (Å²) in [6, 6.07) is 23.8. The molecule has 0 bridgehead atoms. The number of aryl methyl sites for hydroxylation is 2. The van der Waals surface area contributed by atoms with Crippen LogP contribution in [0.3, 0.4) is 0 Å². The number of aliphatic hydroxyl groups is 1. The number of thiol groups is 1. The Balaban J connectivity index is 0.000000334. The Hall–Kier alpha value is -3.09. The number of allylic oxidation sites excluding steroid dienone is 3. The van der Waals surface area contributed by atoms with Crippen LogP contribution >= 0.6 is 24.2 Å². The molecular formula is C51H72ClNO3S. The van der Waals surface area contributed by atoms with Gasteiger partial charge in [0.05, 0.1) is 12.0 Å². The second-order valence-electron chi connectivity index (χ2n) is 18.1. The van der Waals surface area contributed by atoms with Crippen molar-refractivity contribution in [2.24, 2.45) is 16.7 Å². The third-order valence-electron chi connectivity index (χ3n) is 11.9. The number of carboxylic acids is 1. The minimum Gasteiger partial charge on any atom is -0.481 e. The molecule has 2 aliphatic carbocycles. The third-order valence-corrected chi connectivity index (χ3v) is 12.8. The van der Waals surface area contributed by atoms with Crippen molar-refractivity contribution >= 4 is 42.4 Å². The van der Waals surface area contributed by atoms with E-state index in [0.29, 0.717) is 17.8 Å². The van der Waals surface area contributed by atoms with E-state index >= 15 is 0 Å². The second-order valence-corrected chi connectivity index (χ2v) is 18.8.